The molecule has 3 aliphatic rings. The Morgan fingerprint density at radius 2 is 2.20 bits per heavy atom. The van der Waals surface area contributed by atoms with Gasteiger partial charge in [-0.15, -0.1) is 0 Å². The highest BCUT2D eigenvalue weighted by Gasteiger charge is 2.47. The minimum absolute atomic E-state index is 0.137. The molecule has 0 spiro atoms. The predicted molar refractivity (Wildman–Crippen MR) is 96.3 cm³/mol. The Balaban J connectivity index is 1.39. The van der Waals surface area contributed by atoms with Crippen molar-refractivity contribution in [2.45, 2.75) is 44.2 Å². The fourth-order valence-electron chi connectivity index (χ4n) is 4.99. The molecule has 2 unspecified atom stereocenters. The number of benzene rings is 1. The average Bonchev–Trinajstić information content (AvgIpc) is 2.98. The number of hydrogen-bond donors (Lipinski definition) is 3. The van der Waals surface area contributed by atoms with E-state index in [1.165, 1.54) is 25.3 Å². The van der Waals surface area contributed by atoms with Gasteiger partial charge < -0.3 is 10.0 Å². The van der Waals surface area contributed by atoms with Crippen LogP contribution in [0.5, 0.6) is 0 Å². The van der Waals surface area contributed by atoms with E-state index >= 15 is 0 Å². The molecule has 0 radical (unpaired) electrons. The summed E-state index contributed by atoms with van der Waals surface area (Å²) in [4.78, 5) is 2.49. The summed E-state index contributed by atoms with van der Waals surface area (Å²) in [5.41, 5.74) is 7.11. The monoisotopic (exact) mass is 347 g/mol. The molecular weight excluding hydrogens is 317 g/mol. The van der Waals surface area contributed by atoms with E-state index in [9.17, 15) is 9.50 Å². The number of halogens is 1. The van der Waals surface area contributed by atoms with Gasteiger partial charge in [-0.25, -0.2) is 9.82 Å². The number of aliphatic hydroxyl groups is 1. The van der Waals surface area contributed by atoms with E-state index in [1.807, 2.05) is 6.07 Å². The van der Waals surface area contributed by atoms with Crippen molar-refractivity contribution < 1.29 is 9.50 Å². The van der Waals surface area contributed by atoms with Gasteiger partial charge in [-0.3, -0.25) is 5.43 Å². The average molecular weight is 347 g/mol. The molecule has 0 aromatic heterocycles. The van der Waals surface area contributed by atoms with Crippen LogP contribution in [0.1, 0.15) is 44.2 Å². The quantitative estimate of drug-likeness (QED) is 0.783. The number of hydrazine groups is 1. The summed E-state index contributed by atoms with van der Waals surface area (Å²) in [6, 6.07) is 7.04. The first-order valence-electron chi connectivity index (χ1n) is 9.75. The summed E-state index contributed by atoms with van der Waals surface area (Å²) in [5, 5.41) is 11.1. The molecule has 1 aliphatic carbocycles. The Morgan fingerprint density at radius 3 is 2.88 bits per heavy atom. The smallest absolute Gasteiger partial charge is 0.123 e. The molecule has 2 aliphatic heterocycles. The Hall–Kier alpha value is -1.01. The van der Waals surface area contributed by atoms with Gasteiger partial charge in [0.15, 0.2) is 0 Å². The lowest BCUT2D eigenvalue weighted by molar-refractivity contribution is -0.128. The molecule has 2 saturated heterocycles. The van der Waals surface area contributed by atoms with E-state index in [2.05, 4.69) is 22.7 Å². The summed E-state index contributed by atoms with van der Waals surface area (Å²) in [7, 11) is 0. The maximum absolute atomic E-state index is 13.6. The van der Waals surface area contributed by atoms with E-state index in [4.69, 9.17) is 0 Å². The van der Waals surface area contributed by atoms with Gasteiger partial charge in [0.1, 0.15) is 5.82 Å². The van der Waals surface area contributed by atoms with Crippen LogP contribution in [0, 0.1) is 23.6 Å². The third-order valence-electron chi connectivity index (χ3n) is 6.82. The molecule has 5 heteroatoms. The SMILES string of the molecule is C[C@@H]1CN(CC2CNNC2c2cccc(F)c2)CC[C@@]1(O)C1CCC1. The van der Waals surface area contributed by atoms with Crippen LogP contribution in [0.4, 0.5) is 4.39 Å². The number of likely N-dealkylation sites (tertiary alicyclic amines) is 1. The zero-order chi connectivity index (χ0) is 17.4. The summed E-state index contributed by atoms with van der Waals surface area (Å²) in [6.07, 6.45) is 4.55. The van der Waals surface area contributed by atoms with Gasteiger partial charge >= 0.3 is 0 Å². The van der Waals surface area contributed by atoms with Crippen molar-refractivity contribution in [3.63, 3.8) is 0 Å². The van der Waals surface area contributed by atoms with Gasteiger partial charge in [0.2, 0.25) is 0 Å². The maximum Gasteiger partial charge on any atom is 0.123 e. The number of nitrogens with one attached hydrogen (secondary N) is 2. The van der Waals surface area contributed by atoms with Gasteiger partial charge in [-0.1, -0.05) is 25.5 Å². The molecule has 1 saturated carbocycles. The van der Waals surface area contributed by atoms with Gasteiger partial charge in [-0.2, -0.15) is 0 Å². The predicted octanol–water partition coefficient (Wildman–Crippen LogP) is 2.46. The van der Waals surface area contributed by atoms with E-state index in [0.717, 1.165) is 38.2 Å². The fourth-order valence-corrected chi connectivity index (χ4v) is 4.99. The maximum atomic E-state index is 13.6. The molecule has 1 aromatic rings. The van der Waals surface area contributed by atoms with Crippen molar-refractivity contribution in [1.82, 2.24) is 15.8 Å². The Bertz CT molecular complexity index is 608. The summed E-state index contributed by atoms with van der Waals surface area (Å²) >= 11 is 0. The lowest BCUT2D eigenvalue weighted by Crippen LogP contribution is -2.57. The summed E-state index contributed by atoms with van der Waals surface area (Å²) < 4.78 is 13.6. The second-order valence-electron chi connectivity index (χ2n) is 8.35. The Kier molecular flexibility index (Phi) is 4.84. The number of piperidine rings is 1. The van der Waals surface area contributed by atoms with E-state index in [1.54, 1.807) is 12.1 Å². The normalized spacial score (nSPS) is 37.2. The Morgan fingerprint density at radius 1 is 1.36 bits per heavy atom. The lowest BCUT2D eigenvalue weighted by atomic mass is 9.64. The first kappa shape index (κ1) is 17.4. The van der Waals surface area contributed by atoms with Crippen molar-refractivity contribution >= 4 is 0 Å². The highest BCUT2D eigenvalue weighted by molar-refractivity contribution is 5.22. The van der Waals surface area contributed by atoms with E-state index < -0.39 is 5.60 Å². The molecule has 0 amide bonds. The van der Waals surface area contributed by atoms with Crippen molar-refractivity contribution in [3.8, 4) is 0 Å². The topological polar surface area (TPSA) is 47.5 Å². The zero-order valence-corrected chi connectivity index (χ0v) is 15.0. The first-order chi connectivity index (χ1) is 12.1. The minimum Gasteiger partial charge on any atom is -0.389 e. The first-order valence-corrected chi connectivity index (χ1v) is 9.75. The number of rotatable bonds is 4. The highest BCUT2D eigenvalue weighted by Crippen LogP contribution is 2.44. The van der Waals surface area contributed by atoms with Crippen LogP contribution < -0.4 is 10.9 Å². The van der Waals surface area contributed by atoms with Crippen LogP contribution in [-0.2, 0) is 0 Å². The van der Waals surface area contributed by atoms with Crippen molar-refractivity contribution in [2.75, 3.05) is 26.2 Å². The molecule has 4 atom stereocenters. The van der Waals surface area contributed by atoms with Crippen LogP contribution >= 0.6 is 0 Å². The van der Waals surface area contributed by atoms with Crippen molar-refractivity contribution in [3.05, 3.63) is 35.6 Å². The second-order valence-corrected chi connectivity index (χ2v) is 8.35. The van der Waals surface area contributed by atoms with Crippen LogP contribution in [0.2, 0.25) is 0 Å². The van der Waals surface area contributed by atoms with Crippen LogP contribution in [-0.4, -0.2) is 41.8 Å². The Labute approximate surface area is 149 Å². The molecule has 138 valence electrons. The van der Waals surface area contributed by atoms with Gasteiger partial charge in [0.05, 0.1) is 11.6 Å². The molecular formula is C20H30FN3O. The molecule has 4 rings (SSSR count). The highest BCUT2D eigenvalue weighted by atomic mass is 19.1. The van der Waals surface area contributed by atoms with Crippen LogP contribution in [0.3, 0.4) is 0 Å². The second kappa shape index (κ2) is 6.95. The fraction of sp³-hybridized carbons (Fsp3) is 0.700. The summed E-state index contributed by atoms with van der Waals surface area (Å²) in [5.74, 6) is 1.06. The number of hydrogen-bond acceptors (Lipinski definition) is 4. The standard InChI is InChI=1S/C20H30FN3O/c1-14-12-24(9-8-20(14,25)17-5-3-6-17)13-16-11-22-23-19(16)15-4-2-7-18(21)10-15/h2,4,7,10,14,16-17,19,22-23,25H,3,5-6,8-9,11-13H2,1H3/t14-,16?,19?,20+/m1/s1. The summed E-state index contributed by atoms with van der Waals surface area (Å²) in [6.45, 7) is 5.99. The third-order valence-corrected chi connectivity index (χ3v) is 6.82. The third kappa shape index (κ3) is 3.35. The van der Waals surface area contributed by atoms with E-state index in [0.29, 0.717) is 17.8 Å². The van der Waals surface area contributed by atoms with Gasteiger partial charge in [0, 0.05) is 32.1 Å². The molecule has 2 heterocycles. The van der Waals surface area contributed by atoms with E-state index in [-0.39, 0.29) is 11.9 Å². The lowest BCUT2D eigenvalue weighted by Gasteiger charge is -2.51. The van der Waals surface area contributed by atoms with Gasteiger partial charge in [0.25, 0.3) is 0 Å². The molecule has 3 N–H and O–H groups in total. The molecule has 25 heavy (non-hydrogen) atoms. The zero-order valence-electron chi connectivity index (χ0n) is 15.0. The molecule has 1 aromatic carbocycles. The molecule has 4 nitrogen and oxygen atoms in total. The molecule has 3 fully saturated rings. The van der Waals surface area contributed by atoms with Crippen LogP contribution in [0.15, 0.2) is 24.3 Å². The van der Waals surface area contributed by atoms with Crippen molar-refractivity contribution in [2.24, 2.45) is 17.8 Å². The van der Waals surface area contributed by atoms with Crippen LogP contribution in [0.25, 0.3) is 0 Å². The van der Waals surface area contributed by atoms with Crippen molar-refractivity contribution in [1.29, 1.82) is 0 Å². The van der Waals surface area contributed by atoms with Gasteiger partial charge in [-0.05, 0) is 48.8 Å². The minimum atomic E-state index is -0.455. The molecule has 0 bridgehead atoms. The largest absolute Gasteiger partial charge is 0.389 e. The number of nitrogens with zero attached hydrogens (tertiary/aromatic N) is 1.